The fraction of sp³-hybridized carbons (Fsp3) is 0.188. The molecule has 2 aromatic rings. The molecule has 4 heteroatoms. The first-order valence-electron chi connectivity index (χ1n) is 6.24. The molecular weight excluding hydrogens is 321 g/mol. The number of hydrogen-bond donors (Lipinski definition) is 0. The average molecular weight is 336 g/mol. The molecule has 0 N–H and O–H groups in total. The minimum Gasteiger partial charge on any atom is -0.337 e. The van der Waals surface area contributed by atoms with E-state index in [9.17, 15) is 9.18 Å². The fourth-order valence-electron chi connectivity index (χ4n) is 1.90. The zero-order chi connectivity index (χ0) is 14.7. The summed E-state index contributed by atoms with van der Waals surface area (Å²) in [6.07, 6.45) is 0. The fourth-order valence-corrected chi connectivity index (χ4v) is 2.28. The van der Waals surface area contributed by atoms with E-state index >= 15 is 0 Å². The summed E-state index contributed by atoms with van der Waals surface area (Å²) in [6.45, 7) is 2.21. The summed E-state index contributed by atoms with van der Waals surface area (Å²) in [5.41, 5.74) is 2.16. The summed E-state index contributed by atoms with van der Waals surface area (Å²) in [7, 11) is 1.67. The molecule has 104 valence electrons. The lowest BCUT2D eigenvalue weighted by Crippen LogP contribution is -2.26. The molecule has 2 nitrogen and oxygen atoms in total. The van der Waals surface area contributed by atoms with Crippen molar-refractivity contribution in [2.24, 2.45) is 0 Å². The highest BCUT2D eigenvalue weighted by atomic mass is 79.9. The van der Waals surface area contributed by atoms with Crippen molar-refractivity contribution in [3.8, 4) is 0 Å². The molecule has 0 bridgehead atoms. The van der Waals surface area contributed by atoms with Crippen molar-refractivity contribution in [3.05, 3.63) is 69.4 Å². The van der Waals surface area contributed by atoms with Crippen molar-refractivity contribution in [3.63, 3.8) is 0 Å². The Morgan fingerprint density at radius 2 is 1.95 bits per heavy atom. The Hall–Kier alpha value is -1.68. The normalized spacial score (nSPS) is 10.4. The topological polar surface area (TPSA) is 20.3 Å². The van der Waals surface area contributed by atoms with Crippen LogP contribution >= 0.6 is 15.9 Å². The molecule has 2 aromatic carbocycles. The maximum absolute atomic E-state index is 13.6. The minimum absolute atomic E-state index is 0.131. The Kier molecular flexibility index (Phi) is 4.55. The second-order valence-corrected chi connectivity index (χ2v) is 5.57. The van der Waals surface area contributed by atoms with Crippen molar-refractivity contribution in [2.75, 3.05) is 7.05 Å². The van der Waals surface area contributed by atoms with E-state index in [2.05, 4.69) is 15.9 Å². The molecule has 0 aliphatic rings. The van der Waals surface area contributed by atoms with Crippen LogP contribution in [0.1, 0.15) is 21.5 Å². The smallest absolute Gasteiger partial charge is 0.253 e. The lowest BCUT2D eigenvalue weighted by Gasteiger charge is -2.18. The molecule has 0 saturated heterocycles. The number of rotatable bonds is 3. The first-order chi connectivity index (χ1) is 9.49. The van der Waals surface area contributed by atoms with Gasteiger partial charge in [-0.1, -0.05) is 40.2 Å². The Bertz CT molecular complexity index is 642. The Morgan fingerprint density at radius 1 is 1.25 bits per heavy atom. The standard InChI is InChI=1S/C16H15BrFNO/c1-11-7-8-12(9-14(11)17)16(20)19(2)10-13-5-3-4-6-15(13)18/h3-9H,10H2,1-2H3. The third-order valence-electron chi connectivity index (χ3n) is 3.13. The largest absolute Gasteiger partial charge is 0.337 e. The van der Waals surface area contributed by atoms with Crippen LogP contribution in [0.5, 0.6) is 0 Å². The van der Waals surface area contributed by atoms with Gasteiger partial charge in [0.1, 0.15) is 5.82 Å². The lowest BCUT2D eigenvalue weighted by molar-refractivity contribution is 0.0784. The molecule has 2 rings (SSSR count). The van der Waals surface area contributed by atoms with Crippen LogP contribution in [0.15, 0.2) is 46.9 Å². The van der Waals surface area contributed by atoms with Gasteiger partial charge in [-0.25, -0.2) is 4.39 Å². The summed E-state index contributed by atoms with van der Waals surface area (Å²) in [4.78, 5) is 13.8. The summed E-state index contributed by atoms with van der Waals surface area (Å²) in [5.74, 6) is -0.425. The van der Waals surface area contributed by atoms with E-state index in [1.807, 2.05) is 13.0 Å². The molecule has 0 aromatic heterocycles. The van der Waals surface area contributed by atoms with Gasteiger partial charge in [-0.3, -0.25) is 4.79 Å². The highest BCUT2D eigenvalue weighted by Gasteiger charge is 2.14. The first-order valence-corrected chi connectivity index (χ1v) is 7.03. The van der Waals surface area contributed by atoms with Crippen LogP contribution < -0.4 is 0 Å². The van der Waals surface area contributed by atoms with E-state index in [-0.39, 0.29) is 18.3 Å². The highest BCUT2D eigenvalue weighted by Crippen LogP contribution is 2.19. The third-order valence-corrected chi connectivity index (χ3v) is 3.99. The van der Waals surface area contributed by atoms with Crippen molar-refractivity contribution in [1.29, 1.82) is 0 Å². The predicted molar refractivity (Wildman–Crippen MR) is 81.1 cm³/mol. The molecule has 0 heterocycles. The average Bonchev–Trinajstić information content (AvgIpc) is 2.43. The van der Waals surface area contributed by atoms with Crippen molar-refractivity contribution in [2.45, 2.75) is 13.5 Å². The van der Waals surface area contributed by atoms with Gasteiger partial charge in [0.05, 0.1) is 0 Å². The van der Waals surface area contributed by atoms with Crippen LogP contribution in [0.25, 0.3) is 0 Å². The highest BCUT2D eigenvalue weighted by molar-refractivity contribution is 9.10. The molecule has 0 fully saturated rings. The van der Waals surface area contributed by atoms with Crippen molar-refractivity contribution < 1.29 is 9.18 Å². The van der Waals surface area contributed by atoms with Crippen LogP contribution in [0.4, 0.5) is 4.39 Å². The van der Waals surface area contributed by atoms with E-state index in [0.717, 1.165) is 10.0 Å². The third kappa shape index (κ3) is 3.25. The molecule has 1 amide bonds. The van der Waals surface area contributed by atoms with Gasteiger partial charge < -0.3 is 4.90 Å². The molecule has 0 atom stereocenters. The molecule has 0 saturated carbocycles. The molecule has 0 spiro atoms. The molecule has 0 aliphatic heterocycles. The minimum atomic E-state index is -0.294. The number of benzene rings is 2. The summed E-state index contributed by atoms with van der Waals surface area (Å²) >= 11 is 3.41. The van der Waals surface area contributed by atoms with Gasteiger partial charge in [-0.15, -0.1) is 0 Å². The van der Waals surface area contributed by atoms with Gasteiger partial charge >= 0.3 is 0 Å². The number of halogens is 2. The van der Waals surface area contributed by atoms with E-state index in [1.54, 1.807) is 37.4 Å². The molecule has 0 unspecified atom stereocenters. The number of carbonyl (C=O) groups excluding carboxylic acids is 1. The zero-order valence-electron chi connectivity index (χ0n) is 11.4. The van der Waals surface area contributed by atoms with Gasteiger partial charge in [-0.05, 0) is 30.7 Å². The number of carbonyl (C=O) groups is 1. The van der Waals surface area contributed by atoms with Gasteiger partial charge in [0, 0.05) is 29.2 Å². The number of nitrogens with zero attached hydrogens (tertiary/aromatic N) is 1. The Labute approximate surface area is 126 Å². The Morgan fingerprint density at radius 3 is 2.60 bits per heavy atom. The number of amides is 1. The zero-order valence-corrected chi connectivity index (χ0v) is 12.9. The van der Waals surface area contributed by atoms with E-state index < -0.39 is 0 Å². The second-order valence-electron chi connectivity index (χ2n) is 4.72. The van der Waals surface area contributed by atoms with E-state index in [4.69, 9.17) is 0 Å². The van der Waals surface area contributed by atoms with Gasteiger partial charge in [-0.2, -0.15) is 0 Å². The van der Waals surface area contributed by atoms with E-state index in [1.165, 1.54) is 11.0 Å². The molecule has 0 radical (unpaired) electrons. The summed E-state index contributed by atoms with van der Waals surface area (Å²) in [6, 6.07) is 11.9. The van der Waals surface area contributed by atoms with Crippen LogP contribution in [-0.4, -0.2) is 17.9 Å². The van der Waals surface area contributed by atoms with Crippen LogP contribution in [0.3, 0.4) is 0 Å². The SMILES string of the molecule is Cc1ccc(C(=O)N(C)Cc2ccccc2F)cc1Br. The molecule has 20 heavy (non-hydrogen) atoms. The predicted octanol–water partition coefficient (Wildman–Crippen LogP) is 4.17. The monoisotopic (exact) mass is 335 g/mol. The number of aryl methyl sites for hydroxylation is 1. The quantitative estimate of drug-likeness (QED) is 0.824. The van der Waals surface area contributed by atoms with Gasteiger partial charge in [0.2, 0.25) is 0 Å². The molecule has 0 aliphatic carbocycles. The lowest BCUT2D eigenvalue weighted by atomic mass is 10.1. The van der Waals surface area contributed by atoms with Crippen LogP contribution in [0, 0.1) is 12.7 Å². The van der Waals surface area contributed by atoms with Crippen LogP contribution in [-0.2, 0) is 6.54 Å². The van der Waals surface area contributed by atoms with Crippen molar-refractivity contribution >= 4 is 21.8 Å². The summed E-state index contributed by atoms with van der Waals surface area (Å²) < 4.78 is 14.5. The number of hydrogen-bond acceptors (Lipinski definition) is 1. The van der Waals surface area contributed by atoms with E-state index in [0.29, 0.717) is 11.1 Å². The van der Waals surface area contributed by atoms with Crippen LogP contribution in [0.2, 0.25) is 0 Å². The summed E-state index contributed by atoms with van der Waals surface area (Å²) in [5, 5.41) is 0. The maximum atomic E-state index is 13.6. The second kappa shape index (κ2) is 6.18. The molecular formula is C16H15BrFNO. The van der Waals surface area contributed by atoms with Gasteiger partial charge in [0.25, 0.3) is 5.91 Å². The Balaban J connectivity index is 2.16. The maximum Gasteiger partial charge on any atom is 0.253 e. The van der Waals surface area contributed by atoms with Crippen molar-refractivity contribution in [1.82, 2.24) is 4.90 Å². The first kappa shape index (κ1) is 14.7. The van der Waals surface area contributed by atoms with Gasteiger partial charge in [0.15, 0.2) is 0 Å².